The maximum absolute atomic E-state index is 13.0. The highest BCUT2D eigenvalue weighted by atomic mass is 19.2. The topological polar surface area (TPSA) is 12.0 Å². The zero-order chi connectivity index (χ0) is 11.6. The standard InChI is InChI=1S/C13H17F2N/c1-2-13(6-3-7-13)16-9-10-4-5-11(14)12(15)8-10/h4-5,8,16H,2-3,6-7,9H2,1H3. The zero-order valence-electron chi connectivity index (χ0n) is 9.52. The summed E-state index contributed by atoms with van der Waals surface area (Å²) in [6, 6.07) is 4.09. The maximum Gasteiger partial charge on any atom is 0.159 e. The van der Waals surface area contributed by atoms with Gasteiger partial charge in [-0.3, -0.25) is 0 Å². The highest BCUT2D eigenvalue weighted by molar-refractivity contribution is 5.18. The fourth-order valence-corrected chi connectivity index (χ4v) is 2.20. The zero-order valence-corrected chi connectivity index (χ0v) is 9.52. The Morgan fingerprint density at radius 2 is 2.00 bits per heavy atom. The lowest BCUT2D eigenvalue weighted by Gasteiger charge is -2.42. The summed E-state index contributed by atoms with van der Waals surface area (Å²) in [6.45, 7) is 2.78. The van der Waals surface area contributed by atoms with Gasteiger partial charge in [-0.25, -0.2) is 8.78 Å². The lowest BCUT2D eigenvalue weighted by atomic mass is 9.75. The predicted molar refractivity (Wildman–Crippen MR) is 60.1 cm³/mol. The molecule has 0 radical (unpaired) electrons. The van der Waals surface area contributed by atoms with Crippen molar-refractivity contribution in [3.05, 3.63) is 35.4 Å². The van der Waals surface area contributed by atoms with Crippen LogP contribution in [0.2, 0.25) is 0 Å². The molecule has 0 aliphatic heterocycles. The Morgan fingerprint density at radius 3 is 2.50 bits per heavy atom. The van der Waals surface area contributed by atoms with Gasteiger partial charge in [-0.05, 0) is 43.4 Å². The normalized spacial score (nSPS) is 18.2. The molecule has 0 aromatic heterocycles. The Bertz CT molecular complexity index is 367. The van der Waals surface area contributed by atoms with Crippen LogP contribution in [0.3, 0.4) is 0 Å². The monoisotopic (exact) mass is 225 g/mol. The van der Waals surface area contributed by atoms with Crippen molar-refractivity contribution in [3.63, 3.8) is 0 Å². The summed E-state index contributed by atoms with van der Waals surface area (Å²) in [4.78, 5) is 0. The van der Waals surface area contributed by atoms with Gasteiger partial charge in [0.25, 0.3) is 0 Å². The molecule has 0 amide bonds. The van der Waals surface area contributed by atoms with Crippen LogP contribution in [0.1, 0.15) is 38.2 Å². The first-order chi connectivity index (χ1) is 7.65. The van der Waals surface area contributed by atoms with Crippen molar-refractivity contribution < 1.29 is 8.78 Å². The first kappa shape index (κ1) is 11.5. The van der Waals surface area contributed by atoms with E-state index in [9.17, 15) is 8.78 Å². The van der Waals surface area contributed by atoms with Gasteiger partial charge in [-0.2, -0.15) is 0 Å². The van der Waals surface area contributed by atoms with Crippen LogP contribution in [-0.4, -0.2) is 5.54 Å². The number of hydrogen-bond acceptors (Lipinski definition) is 1. The Hall–Kier alpha value is -0.960. The van der Waals surface area contributed by atoms with E-state index in [-0.39, 0.29) is 5.54 Å². The number of benzene rings is 1. The summed E-state index contributed by atoms with van der Waals surface area (Å²) in [7, 11) is 0. The summed E-state index contributed by atoms with van der Waals surface area (Å²) in [5.41, 5.74) is 1.05. The maximum atomic E-state index is 13.0. The van der Waals surface area contributed by atoms with Gasteiger partial charge in [-0.15, -0.1) is 0 Å². The second kappa shape index (κ2) is 4.50. The minimum absolute atomic E-state index is 0.241. The molecular weight excluding hydrogens is 208 g/mol. The summed E-state index contributed by atoms with van der Waals surface area (Å²) < 4.78 is 25.7. The molecule has 3 heteroatoms. The second-order valence-corrected chi connectivity index (χ2v) is 4.59. The summed E-state index contributed by atoms with van der Waals surface area (Å²) in [5.74, 6) is -1.55. The molecule has 0 unspecified atom stereocenters. The average molecular weight is 225 g/mol. The van der Waals surface area contributed by atoms with Crippen molar-refractivity contribution in [2.24, 2.45) is 0 Å². The third-order valence-electron chi connectivity index (χ3n) is 3.64. The minimum atomic E-state index is -0.780. The van der Waals surface area contributed by atoms with E-state index in [1.165, 1.54) is 31.4 Å². The van der Waals surface area contributed by atoms with Crippen LogP contribution in [0.5, 0.6) is 0 Å². The van der Waals surface area contributed by atoms with Crippen molar-refractivity contribution in [1.29, 1.82) is 0 Å². The van der Waals surface area contributed by atoms with E-state index < -0.39 is 11.6 Å². The second-order valence-electron chi connectivity index (χ2n) is 4.59. The van der Waals surface area contributed by atoms with E-state index in [0.717, 1.165) is 12.0 Å². The van der Waals surface area contributed by atoms with E-state index in [1.54, 1.807) is 6.07 Å². The van der Waals surface area contributed by atoms with Crippen molar-refractivity contribution in [2.45, 2.75) is 44.7 Å². The van der Waals surface area contributed by atoms with Crippen molar-refractivity contribution in [2.75, 3.05) is 0 Å². The molecule has 1 aliphatic carbocycles. The Labute approximate surface area is 94.9 Å². The van der Waals surface area contributed by atoms with Gasteiger partial charge < -0.3 is 5.32 Å². The van der Waals surface area contributed by atoms with Crippen LogP contribution in [0.25, 0.3) is 0 Å². The van der Waals surface area contributed by atoms with Crippen LogP contribution in [0.4, 0.5) is 8.78 Å². The molecule has 0 spiro atoms. The van der Waals surface area contributed by atoms with Gasteiger partial charge >= 0.3 is 0 Å². The van der Waals surface area contributed by atoms with E-state index in [0.29, 0.717) is 6.54 Å². The Kier molecular flexibility index (Phi) is 3.24. The first-order valence-electron chi connectivity index (χ1n) is 5.84. The third-order valence-corrected chi connectivity index (χ3v) is 3.64. The smallest absolute Gasteiger partial charge is 0.159 e. The predicted octanol–water partition coefficient (Wildman–Crippen LogP) is 3.39. The summed E-state index contributed by atoms with van der Waals surface area (Å²) >= 11 is 0. The third kappa shape index (κ3) is 2.24. The van der Waals surface area contributed by atoms with E-state index in [1.807, 2.05) is 0 Å². The number of hydrogen-bond donors (Lipinski definition) is 1. The molecule has 0 bridgehead atoms. The molecule has 1 nitrogen and oxygen atoms in total. The van der Waals surface area contributed by atoms with Crippen LogP contribution in [0.15, 0.2) is 18.2 Å². The minimum Gasteiger partial charge on any atom is -0.307 e. The van der Waals surface area contributed by atoms with Gasteiger partial charge in [0, 0.05) is 12.1 Å². The van der Waals surface area contributed by atoms with Crippen molar-refractivity contribution in [1.82, 2.24) is 5.32 Å². The Morgan fingerprint density at radius 1 is 1.25 bits per heavy atom. The first-order valence-corrected chi connectivity index (χ1v) is 5.84. The lowest BCUT2D eigenvalue weighted by molar-refractivity contribution is 0.175. The molecule has 1 aliphatic rings. The largest absolute Gasteiger partial charge is 0.307 e. The fourth-order valence-electron chi connectivity index (χ4n) is 2.20. The molecular formula is C13H17F2N. The van der Waals surface area contributed by atoms with Crippen LogP contribution in [0, 0.1) is 11.6 Å². The van der Waals surface area contributed by atoms with Crippen LogP contribution < -0.4 is 5.32 Å². The molecule has 1 aromatic rings. The highest BCUT2D eigenvalue weighted by Gasteiger charge is 2.34. The van der Waals surface area contributed by atoms with E-state index in [4.69, 9.17) is 0 Å². The number of nitrogens with one attached hydrogen (secondary N) is 1. The van der Waals surface area contributed by atoms with Crippen molar-refractivity contribution >= 4 is 0 Å². The van der Waals surface area contributed by atoms with Crippen LogP contribution >= 0.6 is 0 Å². The molecule has 0 heterocycles. The molecule has 1 fully saturated rings. The highest BCUT2D eigenvalue weighted by Crippen LogP contribution is 2.34. The SMILES string of the molecule is CCC1(NCc2ccc(F)c(F)c2)CCC1. The summed E-state index contributed by atoms with van der Waals surface area (Å²) in [5, 5.41) is 3.46. The fraction of sp³-hybridized carbons (Fsp3) is 0.538. The molecule has 1 aromatic carbocycles. The quantitative estimate of drug-likeness (QED) is 0.828. The molecule has 16 heavy (non-hydrogen) atoms. The lowest BCUT2D eigenvalue weighted by Crippen LogP contribution is -2.49. The Balaban J connectivity index is 1.96. The molecule has 0 saturated heterocycles. The average Bonchev–Trinajstić information content (AvgIpc) is 2.22. The van der Waals surface area contributed by atoms with E-state index >= 15 is 0 Å². The summed E-state index contributed by atoms with van der Waals surface area (Å²) in [6.07, 6.45) is 4.73. The van der Waals surface area contributed by atoms with Gasteiger partial charge in [0.1, 0.15) is 0 Å². The molecule has 1 saturated carbocycles. The van der Waals surface area contributed by atoms with Crippen molar-refractivity contribution in [3.8, 4) is 0 Å². The van der Waals surface area contributed by atoms with Crippen LogP contribution in [-0.2, 0) is 6.54 Å². The molecule has 0 atom stereocenters. The molecule has 1 N–H and O–H groups in total. The number of halogens is 2. The molecule has 2 rings (SSSR count). The van der Waals surface area contributed by atoms with E-state index in [2.05, 4.69) is 12.2 Å². The van der Waals surface area contributed by atoms with Gasteiger partial charge in [0.2, 0.25) is 0 Å². The van der Waals surface area contributed by atoms with Gasteiger partial charge in [0.15, 0.2) is 11.6 Å². The number of rotatable bonds is 4. The van der Waals surface area contributed by atoms with Gasteiger partial charge in [0.05, 0.1) is 0 Å². The molecule has 88 valence electrons. The van der Waals surface area contributed by atoms with Gasteiger partial charge in [-0.1, -0.05) is 13.0 Å².